The van der Waals surface area contributed by atoms with E-state index in [0.29, 0.717) is 21.7 Å². The maximum Gasteiger partial charge on any atom is 0.234 e. The Kier molecular flexibility index (Phi) is 6.58. The average Bonchev–Trinajstić information content (AvgIpc) is 3.20. The Morgan fingerprint density at radius 1 is 1.03 bits per heavy atom. The molecule has 162 valence electrons. The molecule has 0 fully saturated rings. The number of halogens is 2. The van der Waals surface area contributed by atoms with Gasteiger partial charge in [0.1, 0.15) is 5.82 Å². The van der Waals surface area contributed by atoms with Gasteiger partial charge in [0.2, 0.25) is 5.91 Å². The van der Waals surface area contributed by atoms with Crippen LogP contribution in [0, 0.1) is 19.7 Å². The van der Waals surface area contributed by atoms with Gasteiger partial charge in [-0.1, -0.05) is 35.5 Å². The molecule has 8 heteroatoms. The van der Waals surface area contributed by atoms with E-state index in [4.69, 9.17) is 11.6 Å². The molecule has 4 rings (SSSR count). The Labute approximate surface area is 194 Å². The van der Waals surface area contributed by atoms with Crippen LogP contribution < -0.4 is 5.32 Å². The highest BCUT2D eigenvalue weighted by Crippen LogP contribution is 2.29. The summed E-state index contributed by atoms with van der Waals surface area (Å²) >= 11 is 7.28. The van der Waals surface area contributed by atoms with Gasteiger partial charge in [-0.3, -0.25) is 9.36 Å². The van der Waals surface area contributed by atoms with E-state index in [9.17, 15) is 9.18 Å². The minimum absolute atomic E-state index is 0.146. The third kappa shape index (κ3) is 5.00. The molecule has 0 atom stereocenters. The molecule has 0 aliphatic heterocycles. The van der Waals surface area contributed by atoms with Crippen LogP contribution in [0.2, 0.25) is 5.02 Å². The molecular formula is C24H20ClFN4OS. The van der Waals surface area contributed by atoms with Crippen molar-refractivity contribution in [3.63, 3.8) is 0 Å². The summed E-state index contributed by atoms with van der Waals surface area (Å²) in [7, 11) is 0. The maximum absolute atomic E-state index is 13.5. The summed E-state index contributed by atoms with van der Waals surface area (Å²) < 4.78 is 15.3. The number of nitrogens with one attached hydrogen (secondary N) is 1. The van der Waals surface area contributed by atoms with E-state index in [1.54, 1.807) is 28.8 Å². The van der Waals surface area contributed by atoms with Crippen LogP contribution in [-0.4, -0.2) is 26.4 Å². The lowest BCUT2D eigenvalue weighted by Crippen LogP contribution is -2.15. The lowest BCUT2D eigenvalue weighted by molar-refractivity contribution is -0.113. The molecule has 0 bridgehead atoms. The highest BCUT2D eigenvalue weighted by atomic mass is 35.5. The topological polar surface area (TPSA) is 59.8 Å². The summed E-state index contributed by atoms with van der Waals surface area (Å²) in [6.45, 7) is 3.93. The van der Waals surface area contributed by atoms with Gasteiger partial charge < -0.3 is 5.32 Å². The zero-order valence-corrected chi connectivity index (χ0v) is 19.0. The SMILES string of the molecule is Cc1ccc(C)c(NC(=O)CSc2nnc(-c3ccc(Cl)cc3)n2-c2ccc(F)cc2)c1. The third-order valence-corrected chi connectivity index (χ3v) is 6.00. The van der Waals surface area contributed by atoms with Crippen molar-refractivity contribution in [2.45, 2.75) is 19.0 Å². The first-order valence-corrected chi connectivity index (χ1v) is 11.2. The van der Waals surface area contributed by atoms with Gasteiger partial charge in [-0.05, 0) is 79.6 Å². The Hall–Kier alpha value is -3.16. The summed E-state index contributed by atoms with van der Waals surface area (Å²) in [5.41, 5.74) is 4.35. The summed E-state index contributed by atoms with van der Waals surface area (Å²) in [6.07, 6.45) is 0. The molecule has 0 spiro atoms. The molecule has 0 unspecified atom stereocenters. The number of hydrogen-bond donors (Lipinski definition) is 1. The molecule has 1 heterocycles. The van der Waals surface area contributed by atoms with E-state index < -0.39 is 0 Å². The number of nitrogens with zero attached hydrogens (tertiary/aromatic N) is 3. The van der Waals surface area contributed by atoms with E-state index in [-0.39, 0.29) is 17.5 Å². The lowest BCUT2D eigenvalue weighted by Gasteiger charge is -2.11. The highest BCUT2D eigenvalue weighted by molar-refractivity contribution is 7.99. The number of aryl methyl sites for hydroxylation is 2. The minimum Gasteiger partial charge on any atom is -0.325 e. The van der Waals surface area contributed by atoms with Gasteiger partial charge in [-0.15, -0.1) is 10.2 Å². The van der Waals surface area contributed by atoms with Gasteiger partial charge in [0.25, 0.3) is 0 Å². The van der Waals surface area contributed by atoms with Crippen LogP contribution in [0.3, 0.4) is 0 Å². The quantitative estimate of drug-likeness (QED) is 0.350. The number of rotatable bonds is 6. The predicted molar refractivity (Wildman–Crippen MR) is 127 cm³/mol. The number of anilines is 1. The second-order valence-corrected chi connectivity index (χ2v) is 8.66. The second kappa shape index (κ2) is 9.54. The van der Waals surface area contributed by atoms with Crippen LogP contribution in [0.15, 0.2) is 71.9 Å². The van der Waals surface area contributed by atoms with Gasteiger partial charge in [-0.25, -0.2) is 4.39 Å². The molecule has 1 N–H and O–H groups in total. The number of hydrogen-bond acceptors (Lipinski definition) is 4. The number of thioether (sulfide) groups is 1. The van der Waals surface area contributed by atoms with Crippen LogP contribution in [-0.2, 0) is 4.79 Å². The number of carbonyl (C=O) groups is 1. The van der Waals surface area contributed by atoms with Crippen LogP contribution in [0.5, 0.6) is 0 Å². The fourth-order valence-electron chi connectivity index (χ4n) is 3.16. The summed E-state index contributed by atoms with van der Waals surface area (Å²) in [4.78, 5) is 12.6. The monoisotopic (exact) mass is 466 g/mol. The van der Waals surface area contributed by atoms with Gasteiger partial charge >= 0.3 is 0 Å². The summed E-state index contributed by atoms with van der Waals surface area (Å²) in [6, 6.07) is 19.2. The molecule has 0 radical (unpaired) electrons. The van der Waals surface area contributed by atoms with Crippen molar-refractivity contribution in [1.29, 1.82) is 0 Å². The molecular weight excluding hydrogens is 447 g/mol. The molecule has 1 aromatic heterocycles. The van der Waals surface area contributed by atoms with Gasteiger partial charge in [0.05, 0.1) is 5.75 Å². The summed E-state index contributed by atoms with van der Waals surface area (Å²) in [5, 5.41) is 12.7. The van der Waals surface area contributed by atoms with Crippen molar-refractivity contribution >= 4 is 35.0 Å². The van der Waals surface area contributed by atoms with Gasteiger partial charge in [0, 0.05) is 22.0 Å². The van der Waals surface area contributed by atoms with E-state index in [1.165, 1.54) is 23.9 Å². The zero-order chi connectivity index (χ0) is 22.7. The van der Waals surface area contributed by atoms with Crippen molar-refractivity contribution in [2.24, 2.45) is 0 Å². The first kappa shape index (κ1) is 22.0. The van der Waals surface area contributed by atoms with Gasteiger partial charge in [-0.2, -0.15) is 0 Å². The molecule has 32 heavy (non-hydrogen) atoms. The van der Waals surface area contributed by atoms with E-state index in [2.05, 4.69) is 15.5 Å². The Balaban J connectivity index is 1.60. The Morgan fingerprint density at radius 3 is 2.47 bits per heavy atom. The van der Waals surface area contributed by atoms with Crippen molar-refractivity contribution in [3.8, 4) is 17.1 Å². The first-order valence-electron chi connectivity index (χ1n) is 9.88. The second-order valence-electron chi connectivity index (χ2n) is 7.28. The zero-order valence-electron chi connectivity index (χ0n) is 17.5. The van der Waals surface area contributed by atoms with Gasteiger partial charge in [0.15, 0.2) is 11.0 Å². The molecule has 0 saturated carbocycles. The first-order chi connectivity index (χ1) is 15.4. The van der Waals surface area contributed by atoms with Crippen LogP contribution >= 0.6 is 23.4 Å². The smallest absolute Gasteiger partial charge is 0.234 e. The number of aromatic nitrogens is 3. The number of benzene rings is 3. The molecule has 0 aliphatic rings. The van der Waals surface area contributed by atoms with E-state index in [0.717, 1.165) is 22.4 Å². The normalized spacial score (nSPS) is 10.9. The van der Waals surface area contributed by atoms with Crippen LogP contribution in [0.1, 0.15) is 11.1 Å². The predicted octanol–water partition coefficient (Wildman–Crippen LogP) is 6.07. The molecule has 3 aromatic carbocycles. The number of amides is 1. The number of carbonyl (C=O) groups excluding carboxylic acids is 1. The molecule has 0 saturated heterocycles. The minimum atomic E-state index is -0.336. The highest BCUT2D eigenvalue weighted by Gasteiger charge is 2.18. The summed E-state index contributed by atoms with van der Waals surface area (Å²) in [5.74, 6) is 0.237. The Morgan fingerprint density at radius 2 is 1.75 bits per heavy atom. The van der Waals surface area contributed by atoms with Crippen molar-refractivity contribution in [2.75, 3.05) is 11.1 Å². The molecule has 4 aromatic rings. The van der Waals surface area contributed by atoms with Crippen LogP contribution in [0.25, 0.3) is 17.1 Å². The average molecular weight is 467 g/mol. The fourth-order valence-corrected chi connectivity index (χ4v) is 4.04. The Bertz CT molecular complexity index is 1260. The lowest BCUT2D eigenvalue weighted by atomic mass is 10.1. The fraction of sp³-hybridized carbons (Fsp3) is 0.125. The third-order valence-electron chi connectivity index (χ3n) is 4.82. The largest absolute Gasteiger partial charge is 0.325 e. The van der Waals surface area contributed by atoms with Crippen molar-refractivity contribution in [1.82, 2.24) is 14.8 Å². The van der Waals surface area contributed by atoms with E-state index >= 15 is 0 Å². The molecule has 1 amide bonds. The van der Waals surface area contributed by atoms with Crippen LogP contribution in [0.4, 0.5) is 10.1 Å². The van der Waals surface area contributed by atoms with E-state index in [1.807, 2.05) is 44.2 Å². The molecule has 0 aliphatic carbocycles. The van der Waals surface area contributed by atoms with Crippen molar-refractivity contribution < 1.29 is 9.18 Å². The van der Waals surface area contributed by atoms with Crippen molar-refractivity contribution in [3.05, 3.63) is 88.7 Å². The molecule has 5 nitrogen and oxygen atoms in total. The maximum atomic E-state index is 13.5. The standard InChI is InChI=1S/C24H20ClFN4OS/c1-15-3-4-16(2)21(13-15)27-22(31)14-32-24-29-28-23(17-5-7-18(25)8-6-17)30(24)20-11-9-19(26)10-12-20/h3-13H,14H2,1-2H3,(H,27,31).